The zero-order valence-electron chi connectivity index (χ0n) is 25.9. The molecule has 4 rings (SSSR count). The lowest BCUT2D eigenvalue weighted by Gasteiger charge is -2.34. The number of nitrogens with one attached hydrogen (secondary N) is 1. The highest BCUT2D eigenvalue weighted by Crippen LogP contribution is 2.27. The fourth-order valence-corrected chi connectivity index (χ4v) is 6.40. The number of amides is 2. The third-order valence-electron chi connectivity index (χ3n) is 7.76. The molecule has 236 valence electrons. The molecule has 0 bridgehead atoms. The number of anilines is 1. The zero-order valence-corrected chi connectivity index (χ0v) is 26.8. The molecule has 0 spiro atoms. The maximum absolute atomic E-state index is 14.5. The Hall–Kier alpha value is -4.50. The van der Waals surface area contributed by atoms with Crippen LogP contribution in [0.1, 0.15) is 42.0 Å². The van der Waals surface area contributed by atoms with Crippen LogP contribution < -0.4 is 9.62 Å². The highest BCUT2D eigenvalue weighted by atomic mass is 32.2. The van der Waals surface area contributed by atoms with E-state index < -0.39 is 34.3 Å². The van der Waals surface area contributed by atoms with E-state index in [0.29, 0.717) is 17.8 Å². The third kappa shape index (κ3) is 8.79. The molecule has 4 aromatic carbocycles. The average Bonchev–Trinajstić information content (AvgIpc) is 3.04. The summed E-state index contributed by atoms with van der Waals surface area (Å²) in [6.45, 7) is 5.70. The van der Waals surface area contributed by atoms with Crippen molar-refractivity contribution in [2.45, 2.75) is 57.5 Å². The van der Waals surface area contributed by atoms with Crippen molar-refractivity contribution in [2.75, 3.05) is 17.4 Å². The largest absolute Gasteiger partial charge is 0.354 e. The van der Waals surface area contributed by atoms with Crippen LogP contribution in [0.15, 0.2) is 108 Å². The molecule has 1 atom stereocenters. The Morgan fingerprint density at radius 3 is 2.09 bits per heavy atom. The van der Waals surface area contributed by atoms with Gasteiger partial charge in [0.05, 0.1) is 10.6 Å². The quantitative estimate of drug-likeness (QED) is 0.169. The van der Waals surface area contributed by atoms with E-state index in [1.807, 2.05) is 57.2 Å². The first-order chi connectivity index (χ1) is 21.6. The van der Waals surface area contributed by atoms with E-state index in [1.165, 1.54) is 29.2 Å². The van der Waals surface area contributed by atoms with Crippen LogP contribution in [0.5, 0.6) is 0 Å². The van der Waals surface area contributed by atoms with Gasteiger partial charge in [0.2, 0.25) is 11.8 Å². The monoisotopic (exact) mass is 629 g/mol. The van der Waals surface area contributed by atoms with Gasteiger partial charge in [-0.15, -0.1) is 0 Å². The number of benzene rings is 4. The molecule has 0 heterocycles. The molecule has 0 saturated heterocycles. The van der Waals surface area contributed by atoms with Crippen molar-refractivity contribution < 1.29 is 22.4 Å². The van der Waals surface area contributed by atoms with Crippen LogP contribution in [0, 0.1) is 19.7 Å². The van der Waals surface area contributed by atoms with Crippen LogP contribution in [-0.4, -0.2) is 44.3 Å². The van der Waals surface area contributed by atoms with Gasteiger partial charge in [0.15, 0.2) is 0 Å². The summed E-state index contributed by atoms with van der Waals surface area (Å²) in [6, 6.07) is 27.3. The maximum atomic E-state index is 14.5. The fraction of sp³-hybridized carbons (Fsp3) is 0.278. The Bertz CT molecular complexity index is 1680. The molecule has 0 aliphatic heterocycles. The normalized spacial score (nSPS) is 11.9. The number of hydrogen-bond donors (Lipinski definition) is 1. The maximum Gasteiger partial charge on any atom is 0.264 e. The molecule has 2 amide bonds. The molecule has 45 heavy (non-hydrogen) atoms. The van der Waals surface area contributed by atoms with Crippen LogP contribution in [0.3, 0.4) is 0 Å². The first kappa shape index (κ1) is 33.4. The molecule has 9 heteroatoms. The van der Waals surface area contributed by atoms with Crippen LogP contribution in [0.4, 0.5) is 10.1 Å². The number of aryl methyl sites for hydroxylation is 2. The fourth-order valence-electron chi connectivity index (χ4n) is 4.98. The van der Waals surface area contributed by atoms with E-state index in [2.05, 4.69) is 5.32 Å². The Kier molecular flexibility index (Phi) is 11.5. The number of carbonyl (C=O) groups excluding carboxylic acids is 2. The Morgan fingerprint density at radius 1 is 0.822 bits per heavy atom. The summed E-state index contributed by atoms with van der Waals surface area (Å²) < 4.78 is 43.1. The van der Waals surface area contributed by atoms with Crippen LogP contribution in [0.2, 0.25) is 0 Å². The molecule has 0 aliphatic carbocycles. The molecule has 1 N–H and O–H groups in total. The lowest BCUT2D eigenvalue weighted by Crippen LogP contribution is -2.53. The molecule has 0 aliphatic rings. The van der Waals surface area contributed by atoms with Gasteiger partial charge in [0.25, 0.3) is 10.0 Å². The van der Waals surface area contributed by atoms with Crippen LogP contribution in [-0.2, 0) is 32.6 Å². The van der Waals surface area contributed by atoms with Crippen molar-refractivity contribution >= 4 is 27.5 Å². The summed E-state index contributed by atoms with van der Waals surface area (Å²) in [5.74, 6) is -1.33. The Balaban J connectivity index is 1.79. The van der Waals surface area contributed by atoms with Crippen molar-refractivity contribution in [3.63, 3.8) is 0 Å². The van der Waals surface area contributed by atoms with E-state index in [0.717, 1.165) is 33.8 Å². The second-order valence-corrected chi connectivity index (χ2v) is 13.0. The van der Waals surface area contributed by atoms with E-state index in [-0.39, 0.29) is 23.8 Å². The molecule has 0 aromatic heterocycles. The predicted molar refractivity (Wildman–Crippen MR) is 176 cm³/mol. The molecule has 4 aromatic rings. The standard InChI is InChI=1S/C36H40FN3O4S/c1-4-5-22-38-36(42)34(24-29-12-8-6-9-13-29)39(25-30-17-19-31(37)20-18-30)35(41)26-40(32-21-16-27(2)28(3)23-32)45(43,44)33-14-10-7-11-15-33/h6-21,23,34H,4-5,22,24-26H2,1-3H3,(H,38,42)/t34-/m1/s1. The van der Waals surface area contributed by atoms with Gasteiger partial charge in [-0.25, -0.2) is 12.8 Å². The number of carbonyl (C=O) groups is 2. The van der Waals surface area contributed by atoms with Crippen molar-refractivity contribution in [3.8, 4) is 0 Å². The molecule has 0 fully saturated rings. The van der Waals surface area contributed by atoms with Crippen molar-refractivity contribution in [1.29, 1.82) is 0 Å². The number of sulfonamides is 1. The molecule has 7 nitrogen and oxygen atoms in total. The van der Waals surface area contributed by atoms with Crippen molar-refractivity contribution in [1.82, 2.24) is 10.2 Å². The number of rotatable bonds is 14. The summed E-state index contributed by atoms with van der Waals surface area (Å²) in [5.41, 5.74) is 3.63. The lowest BCUT2D eigenvalue weighted by atomic mass is 10.0. The zero-order chi connectivity index (χ0) is 32.4. The summed E-state index contributed by atoms with van der Waals surface area (Å²) >= 11 is 0. The first-order valence-electron chi connectivity index (χ1n) is 15.1. The van der Waals surface area contributed by atoms with Crippen LogP contribution >= 0.6 is 0 Å². The number of unbranched alkanes of at least 4 members (excludes halogenated alkanes) is 1. The third-order valence-corrected chi connectivity index (χ3v) is 9.54. The van der Waals surface area contributed by atoms with Gasteiger partial charge >= 0.3 is 0 Å². The molecular weight excluding hydrogens is 589 g/mol. The smallest absolute Gasteiger partial charge is 0.264 e. The van der Waals surface area contributed by atoms with E-state index >= 15 is 0 Å². The number of halogens is 1. The summed E-state index contributed by atoms with van der Waals surface area (Å²) in [5, 5.41) is 2.96. The second-order valence-electron chi connectivity index (χ2n) is 11.1. The van der Waals surface area contributed by atoms with Gasteiger partial charge in [-0.2, -0.15) is 0 Å². The van der Waals surface area contributed by atoms with Gasteiger partial charge < -0.3 is 10.2 Å². The lowest BCUT2D eigenvalue weighted by molar-refractivity contribution is -0.140. The minimum absolute atomic E-state index is 0.0238. The van der Waals surface area contributed by atoms with Crippen LogP contribution in [0.25, 0.3) is 0 Å². The van der Waals surface area contributed by atoms with Gasteiger partial charge in [-0.3, -0.25) is 13.9 Å². The minimum Gasteiger partial charge on any atom is -0.354 e. The average molecular weight is 630 g/mol. The highest BCUT2D eigenvalue weighted by Gasteiger charge is 2.34. The second kappa shape index (κ2) is 15.5. The van der Waals surface area contributed by atoms with E-state index in [1.54, 1.807) is 42.5 Å². The molecule has 0 radical (unpaired) electrons. The van der Waals surface area contributed by atoms with Crippen molar-refractivity contribution in [2.24, 2.45) is 0 Å². The van der Waals surface area contributed by atoms with Crippen molar-refractivity contribution in [3.05, 3.63) is 131 Å². The molecule has 0 saturated carbocycles. The summed E-state index contributed by atoms with van der Waals surface area (Å²) in [7, 11) is -4.18. The molecule has 0 unspecified atom stereocenters. The number of hydrogen-bond acceptors (Lipinski definition) is 4. The Morgan fingerprint density at radius 2 is 1.47 bits per heavy atom. The summed E-state index contributed by atoms with van der Waals surface area (Å²) in [4.78, 5) is 29.7. The van der Waals surface area contributed by atoms with Gasteiger partial charge in [0, 0.05) is 19.5 Å². The van der Waals surface area contributed by atoms with Gasteiger partial charge in [0.1, 0.15) is 18.4 Å². The number of nitrogens with zero attached hydrogens (tertiary/aromatic N) is 2. The molecular formula is C36H40FN3O4S. The highest BCUT2D eigenvalue weighted by molar-refractivity contribution is 7.92. The van der Waals surface area contributed by atoms with Gasteiger partial charge in [-0.05, 0) is 78.9 Å². The van der Waals surface area contributed by atoms with E-state index in [9.17, 15) is 22.4 Å². The minimum atomic E-state index is -4.18. The summed E-state index contributed by atoms with van der Waals surface area (Å²) in [6.07, 6.45) is 1.86. The predicted octanol–water partition coefficient (Wildman–Crippen LogP) is 6.19. The Labute approximate surface area is 265 Å². The topological polar surface area (TPSA) is 86.8 Å². The van der Waals surface area contributed by atoms with E-state index in [4.69, 9.17) is 0 Å². The first-order valence-corrected chi connectivity index (χ1v) is 16.5. The van der Waals surface area contributed by atoms with Gasteiger partial charge in [-0.1, -0.05) is 80.1 Å². The SMILES string of the molecule is CCCCNC(=O)[C@@H](Cc1ccccc1)N(Cc1ccc(F)cc1)C(=O)CN(c1ccc(C)c(C)c1)S(=O)(=O)c1ccccc1.